The zero-order valence-electron chi connectivity index (χ0n) is 7.54. The van der Waals surface area contributed by atoms with Gasteiger partial charge in [0.2, 0.25) is 0 Å². The molecular weight excluding hydrogens is 233 g/mol. The molecular formula is C8H12Cl2F2N2. The third kappa shape index (κ3) is 3.36. The Hall–Kier alpha value is -0.450. The topological polar surface area (TPSA) is 38.9 Å². The molecule has 0 spiro atoms. The van der Waals surface area contributed by atoms with Crippen LogP contribution in [0.5, 0.6) is 0 Å². The largest absolute Gasteiger partial charge is 0.324 e. The van der Waals surface area contributed by atoms with Crippen LogP contribution in [0.25, 0.3) is 0 Å². The van der Waals surface area contributed by atoms with Crippen LogP contribution >= 0.6 is 24.8 Å². The van der Waals surface area contributed by atoms with Crippen LogP contribution in [0.4, 0.5) is 8.78 Å². The van der Waals surface area contributed by atoms with Crippen LogP contribution in [-0.2, 0) is 0 Å². The van der Waals surface area contributed by atoms with Crippen molar-refractivity contribution in [1.82, 2.24) is 4.98 Å². The number of aromatic nitrogens is 1. The summed E-state index contributed by atoms with van der Waals surface area (Å²) in [4.78, 5) is 3.36. The van der Waals surface area contributed by atoms with Gasteiger partial charge in [0.25, 0.3) is 0 Å². The summed E-state index contributed by atoms with van der Waals surface area (Å²) in [6.07, 6.45) is 2.43. The van der Waals surface area contributed by atoms with E-state index in [0.29, 0.717) is 6.42 Å². The predicted octanol–water partition coefficient (Wildman–Crippen LogP) is 2.61. The van der Waals surface area contributed by atoms with Crippen molar-refractivity contribution in [2.24, 2.45) is 5.73 Å². The number of hydrogen-bond donors (Lipinski definition) is 1. The summed E-state index contributed by atoms with van der Waals surface area (Å²) in [6, 6.07) is -0.590. The van der Waals surface area contributed by atoms with Crippen LogP contribution in [-0.4, -0.2) is 4.98 Å². The summed E-state index contributed by atoms with van der Waals surface area (Å²) < 4.78 is 25.8. The third-order valence-electron chi connectivity index (χ3n) is 1.70. The molecule has 1 heterocycles. The molecule has 82 valence electrons. The van der Waals surface area contributed by atoms with Gasteiger partial charge in [0.1, 0.15) is 11.6 Å². The first-order chi connectivity index (χ1) is 5.66. The van der Waals surface area contributed by atoms with Crippen molar-refractivity contribution in [3.05, 3.63) is 29.6 Å². The summed E-state index contributed by atoms with van der Waals surface area (Å²) >= 11 is 0. The van der Waals surface area contributed by atoms with Crippen molar-refractivity contribution in [3.8, 4) is 0 Å². The zero-order chi connectivity index (χ0) is 9.14. The third-order valence-corrected chi connectivity index (χ3v) is 1.70. The lowest BCUT2D eigenvalue weighted by atomic mass is 10.1. The molecule has 0 bridgehead atoms. The van der Waals surface area contributed by atoms with Gasteiger partial charge in [-0.25, -0.2) is 8.78 Å². The van der Waals surface area contributed by atoms with Gasteiger partial charge in [0.15, 0.2) is 0 Å². The Morgan fingerprint density at radius 3 is 2.07 bits per heavy atom. The summed E-state index contributed by atoms with van der Waals surface area (Å²) in [7, 11) is 0. The molecule has 0 saturated heterocycles. The minimum Gasteiger partial charge on any atom is -0.324 e. The van der Waals surface area contributed by atoms with E-state index in [1.807, 2.05) is 0 Å². The Balaban J connectivity index is 0. The van der Waals surface area contributed by atoms with E-state index >= 15 is 0 Å². The Morgan fingerprint density at radius 2 is 1.71 bits per heavy atom. The summed E-state index contributed by atoms with van der Waals surface area (Å²) in [6.45, 7) is 1.77. The number of hydrogen-bond acceptors (Lipinski definition) is 2. The highest BCUT2D eigenvalue weighted by atomic mass is 35.5. The normalized spacial score (nSPS) is 11.1. The van der Waals surface area contributed by atoms with Gasteiger partial charge in [-0.05, 0) is 6.42 Å². The van der Waals surface area contributed by atoms with E-state index in [-0.39, 0.29) is 30.4 Å². The first-order valence-electron chi connectivity index (χ1n) is 3.71. The molecule has 0 unspecified atom stereocenters. The zero-order valence-corrected chi connectivity index (χ0v) is 9.17. The van der Waals surface area contributed by atoms with E-state index in [1.54, 1.807) is 6.92 Å². The van der Waals surface area contributed by atoms with Crippen molar-refractivity contribution in [2.45, 2.75) is 19.4 Å². The van der Waals surface area contributed by atoms with Crippen LogP contribution in [0.15, 0.2) is 12.4 Å². The van der Waals surface area contributed by atoms with Crippen molar-refractivity contribution in [3.63, 3.8) is 0 Å². The molecule has 1 aromatic rings. The monoisotopic (exact) mass is 244 g/mol. The van der Waals surface area contributed by atoms with E-state index in [0.717, 1.165) is 12.4 Å². The molecule has 0 fully saturated rings. The van der Waals surface area contributed by atoms with Gasteiger partial charge in [-0.3, -0.25) is 4.98 Å². The van der Waals surface area contributed by atoms with Crippen LogP contribution in [0.1, 0.15) is 24.9 Å². The number of halogens is 4. The maximum atomic E-state index is 12.9. The quantitative estimate of drug-likeness (QED) is 0.869. The fourth-order valence-electron chi connectivity index (χ4n) is 0.980. The van der Waals surface area contributed by atoms with Crippen LogP contribution in [0.2, 0.25) is 0 Å². The molecule has 1 atom stereocenters. The predicted molar refractivity (Wildman–Crippen MR) is 55.9 cm³/mol. The molecule has 0 aromatic carbocycles. The maximum absolute atomic E-state index is 12.9. The Labute approximate surface area is 93.7 Å². The molecule has 2 nitrogen and oxygen atoms in total. The van der Waals surface area contributed by atoms with Gasteiger partial charge in [-0.2, -0.15) is 0 Å². The minimum atomic E-state index is -0.677. The lowest BCUT2D eigenvalue weighted by molar-refractivity contribution is 0.512. The Kier molecular flexibility index (Phi) is 7.91. The lowest BCUT2D eigenvalue weighted by Crippen LogP contribution is -2.13. The van der Waals surface area contributed by atoms with Crippen molar-refractivity contribution < 1.29 is 8.78 Å². The maximum Gasteiger partial charge on any atom is 0.149 e. The summed E-state index contributed by atoms with van der Waals surface area (Å²) in [5.74, 6) is -1.35. The molecule has 6 heteroatoms. The van der Waals surface area contributed by atoms with Gasteiger partial charge < -0.3 is 5.73 Å². The first-order valence-corrected chi connectivity index (χ1v) is 3.71. The van der Waals surface area contributed by atoms with Gasteiger partial charge in [0.05, 0.1) is 12.4 Å². The fourth-order valence-corrected chi connectivity index (χ4v) is 0.980. The van der Waals surface area contributed by atoms with Crippen molar-refractivity contribution in [1.29, 1.82) is 0 Å². The second-order valence-corrected chi connectivity index (χ2v) is 2.53. The molecule has 0 saturated carbocycles. The van der Waals surface area contributed by atoms with Gasteiger partial charge in [0, 0.05) is 11.6 Å². The highest BCUT2D eigenvalue weighted by Crippen LogP contribution is 2.19. The number of rotatable bonds is 2. The number of nitrogens with two attached hydrogens (primary N) is 1. The van der Waals surface area contributed by atoms with Gasteiger partial charge in [-0.15, -0.1) is 24.8 Å². The van der Waals surface area contributed by atoms with Crippen LogP contribution in [0.3, 0.4) is 0 Å². The SMILES string of the molecule is CC[C@@H](N)c1c(F)cncc1F.Cl.Cl. The van der Waals surface area contributed by atoms with Gasteiger partial charge in [-0.1, -0.05) is 6.92 Å². The number of pyridine rings is 1. The molecule has 0 radical (unpaired) electrons. The van der Waals surface area contributed by atoms with E-state index in [2.05, 4.69) is 4.98 Å². The second kappa shape index (κ2) is 6.92. The molecule has 14 heavy (non-hydrogen) atoms. The fraction of sp³-hybridized carbons (Fsp3) is 0.375. The average molecular weight is 245 g/mol. The molecule has 1 rings (SSSR count). The highest BCUT2D eigenvalue weighted by Gasteiger charge is 2.14. The molecule has 1 aromatic heterocycles. The van der Waals surface area contributed by atoms with E-state index in [9.17, 15) is 8.78 Å². The molecule has 0 aliphatic carbocycles. The van der Waals surface area contributed by atoms with Crippen molar-refractivity contribution in [2.75, 3.05) is 0 Å². The summed E-state index contributed by atoms with van der Waals surface area (Å²) in [5.41, 5.74) is 5.41. The van der Waals surface area contributed by atoms with Gasteiger partial charge >= 0.3 is 0 Å². The Bertz CT molecular complexity index is 264. The number of nitrogens with zero attached hydrogens (tertiary/aromatic N) is 1. The van der Waals surface area contributed by atoms with Crippen LogP contribution in [0, 0.1) is 11.6 Å². The average Bonchev–Trinajstić information content (AvgIpc) is 2.03. The molecule has 0 aliphatic heterocycles. The van der Waals surface area contributed by atoms with E-state index in [4.69, 9.17) is 5.73 Å². The van der Waals surface area contributed by atoms with Crippen LogP contribution < -0.4 is 5.73 Å². The standard InChI is InChI=1S/C8H10F2N2.2ClH/c1-2-7(11)8-5(9)3-12-4-6(8)10;;/h3-4,7H,2,11H2,1H3;2*1H/t7-;;/m1../s1. The first kappa shape index (κ1) is 16.0. The summed E-state index contributed by atoms with van der Waals surface area (Å²) in [5, 5.41) is 0. The second-order valence-electron chi connectivity index (χ2n) is 2.53. The highest BCUT2D eigenvalue weighted by molar-refractivity contribution is 5.85. The van der Waals surface area contributed by atoms with E-state index in [1.165, 1.54) is 0 Å². The smallest absolute Gasteiger partial charge is 0.149 e. The van der Waals surface area contributed by atoms with Crippen molar-refractivity contribution >= 4 is 24.8 Å². The Morgan fingerprint density at radius 1 is 1.29 bits per heavy atom. The molecule has 2 N–H and O–H groups in total. The molecule has 0 aliphatic rings. The minimum absolute atomic E-state index is 0. The van der Waals surface area contributed by atoms with E-state index < -0.39 is 17.7 Å². The molecule has 0 amide bonds. The lowest BCUT2D eigenvalue weighted by Gasteiger charge is -2.10.